The van der Waals surface area contributed by atoms with Crippen molar-refractivity contribution in [3.63, 3.8) is 0 Å². The van der Waals surface area contributed by atoms with Crippen LogP contribution in [0.15, 0.2) is 54.6 Å². The highest BCUT2D eigenvalue weighted by molar-refractivity contribution is 5.75. The molecule has 8 heteroatoms. The average Bonchev–Trinajstić information content (AvgIpc) is 3.04. The van der Waals surface area contributed by atoms with Crippen LogP contribution in [-0.4, -0.2) is 42.6 Å². The summed E-state index contributed by atoms with van der Waals surface area (Å²) in [5.41, 5.74) is 2.61. The second-order valence-corrected chi connectivity index (χ2v) is 7.43. The van der Waals surface area contributed by atoms with E-state index in [1.807, 2.05) is 36.4 Å². The Labute approximate surface area is 171 Å². The van der Waals surface area contributed by atoms with Gasteiger partial charge in [-0.2, -0.15) is 0 Å². The number of nitrogens with zero attached hydrogens (tertiary/aromatic N) is 1. The van der Waals surface area contributed by atoms with Crippen molar-refractivity contribution in [2.24, 2.45) is 0 Å². The zero-order chi connectivity index (χ0) is 20.7. The highest BCUT2D eigenvalue weighted by Gasteiger charge is 2.44. The predicted molar refractivity (Wildman–Crippen MR) is 102 cm³/mol. The molecule has 0 saturated carbocycles. The molecule has 2 unspecified atom stereocenters. The first-order valence-electron chi connectivity index (χ1n) is 9.66. The molecular weight excluding hydrogens is 396 g/mol. The number of carbonyl (C=O) groups is 1. The molecule has 2 bridgehead atoms. The molecule has 156 valence electrons. The van der Waals surface area contributed by atoms with Gasteiger partial charge in [0.25, 0.3) is 0 Å². The SMILES string of the molecule is O=C(OCc1ccccc1)N1C2C=C(c3ccc4c(c3)OC(F)(F)O4)CC1COC2. The van der Waals surface area contributed by atoms with Crippen LogP contribution in [0, 0.1) is 0 Å². The Morgan fingerprint density at radius 2 is 1.90 bits per heavy atom. The molecule has 3 heterocycles. The maximum absolute atomic E-state index is 13.3. The van der Waals surface area contributed by atoms with Crippen molar-refractivity contribution in [2.45, 2.75) is 31.4 Å². The topological polar surface area (TPSA) is 57.2 Å². The van der Waals surface area contributed by atoms with Crippen LogP contribution in [0.1, 0.15) is 17.5 Å². The summed E-state index contributed by atoms with van der Waals surface area (Å²) in [7, 11) is 0. The Morgan fingerprint density at radius 3 is 2.70 bits per heavy atom. The molecule has 0 radical (unpaired) electrons. The van der Waals surface area contributed by atoms with Crippen molar-refractivity contribution >= 4 is 11.7 Å². The molecule has 2 aromatic carbocycles. The number of carbonyl (C=O) groups excluding carboxylic acids is 1. The van der Waals surface area contributed by atoms with Crippen molar-refractivity contribution in [1.82, 2.24) is 4.90 Å². The van der Waals surface area contributed by atoms with Crippen LogP contribution in [0.25, 0.3) is 5.57 Å². The maximum atomic E-state index is 13.3. The first-order valence-corrected chi connectivity index (χ1v) is 9.66. The van der Waals surface area contributed by atoms with E-state index in [9.17, 15) is 13.6 Å². The van der Waals surface area contributed by atoms with Crippen LogP contribution in [0.2, 0.25) is 0 Å². The molecule has 2 atom stereocenters. The van der Waals surface area contributed by atoms with E-state index in [4.69, 9.17) is 9.47 Å². The standard InChI is InChI=1S/C22H19F2NO5/c23-22(24)29-19-7-6-15(10-20(19)30-22)16-8-17-12-27-13-18(9-16)25(17)21(26)28-11-14-4-2-1-3-5-14/h1-8,10,17-18H,9,11-13H2. The second kappa shape index (κ2) is 7.28. The van der Waals surface area contributed by atoms with Gasteiger partial charge in [0.05, 0.1) is 25.3 Å². The second-order valence-electron chi connectivity index (χ2n) is 7.43. The van der Waals surface area contributed by atoms with Crippen LogP contribution >= 0.6 is 0 Å². The van der Waals surface area contributed by atoms with E-state index in [1.165, 1.54) is 6.07 Å². The normalized spacial score (nSPS) is 23.7. The van der Waals surface area contributed by atoms with Crippen LogP contribution in [0.5, 0.6) is 11.5 Å². The van der Waals surface area contributed by atoms with Crippen molar-refractivity contribution in [3.05, 3.63) is 65.7 Å². The lowest BCUT2D eigenvalue weighted by atomic mass is 9.90. The molecule has 3 aliphatic heterocycles. The minimum Gasteiger partial charge on any atom is -0.445 e. The van der Waals surface area contributed by atoms with Gasteiger partial charge in [-0.1, -0.05) is 42.5 Å². The van der Waals surface area contributed by atoms with Gasteiger partial charge in [-0.05, 0) is 35.3 Å². The summed E-state index contributed by atoms with van der Waals surface area (Å²) in [4.78, 5) is 14.5. The summed E-state index contributed by atoms with van der Waals surface area (Å²) in [6, 6.07) is 13.7. The maximum Gasteiger partial charge on any atom is 0.586 e. The average molecular weight is 415 g/mol. The van der Waals surface area contributed by atoms with Gasteiger partial charge in [0.1, 0.15) is 6.61 Å². The molecule has 0 aromatic heterocycles. The number of hydrogen-bond acceptors (Lipinski definition) is 5. The molecule has 30 heavy (non-hydrogen) atoms. The van der Waals surface area contributed by atoms with Gasteiger partial charge >= 0.3 is 12.4 Å². The zero-order valence-electron chi connectivity index (χ0n) is 15.9. The van der Waals surface area contributed by atoms with Crippen LogP contribution in [0.4, 0.5) is 13.6 Å². The quantitative estimate of drug-likeness (QED) is 0.752. The summed E-state index contributed by atoms with van der Waals surface area (Å²) < 4.78 is 46.8. The molecule has 1 fully saturated rings. The van der Waals surface area contributed by atoms with Crippen molar-refractivity contribution in [1.29, 1.82) is 0 Å². The van der Waals surface area contributed by atoms with Crippen molar-refractivity contribution < 1.29 is 32.5 Å². The summed E-state index contributed by atoms with van der Waals surface area (Å²) in [5.74, 6) is 0.0133. The minimum absolute atomic E-state index is 0.00418. The number of morpholine rings is 1. The van der Waals surface area contributed by atoms with Gasteiger partial charge in [0.15, 0.2) is 11.5 Å². The van der Waals surface area contributed by atoms with E-state index in [0.717, 1.165) is 16.7 Å². The molecule has 0 N–H and O–H groups in total. The number of fused-ring (bicyclic) bond motifs is 3. The summed E-state index contributed by atoms with van der Waals surface area (Å²) in [6.45, 7) is 0.934. The fraction of sp³-hybridized carbons (Fsp3) is 0.318. The van der Waals surface area contributed by atoms with E-state index in [2.05, 4.69) is 9.47 Å². The smallest absolute Gasteiger partial charge is 0.445 e. The van der Waals surface area contributed by atoms with E-state index < -0.39 is 12.4 Å². The highest BCUT2D eigenvalue weighted by Crippen LogP contribution is 2.43. The van der Waals surface area contributed by atoms with Crippen LogP contribution < -0.4 is 9.47 Å². The Morgan fingerprint density at radius 1 is 1.10 bits per heavy atom. The monoisotopic (exact) mass is 415 g/mol. The molecule has 5 rings (SSSR count). The van der Waals surface area contributed by atoms with E-state index in [1.54, 1.807) is 17.0 Å². The molecule has 1 saturated heterocycles. The number of hydrogen-bond donors (Lipinski definition) is 0. The third-order valence-corrected chi connectivity index (χ3v) is 5.39. The number of ether oxygens (including phenoxy) is 4. The number of rotatable bonds is 3. The van der Waals surface area contributed by atoms with Gasteiger partial charge in [0, 0.05) is 0 Å². The lowest BCUT2D eigenvalue weighted by Gasteiger charge is -2.43. The lowest BCUT2D eigenvalue weighted by molar-refractivity contribution is -0.286. The fourth-order valence-corrected chi connectivity index (χ4v) is 4.04. The van der Waals surface area contributed by atoms with Gasteiger partial charge in [0.2, 0.25) is 0 Å². The van der Waals surface area contributed by atoms with E-state index in [-0.39, 0.29) is 30.2 Å². The summed E-state index contributed by atoms with van der Waals surface area (Å²) >= 11 is 0. The first-order chi connectivity index (χ1) is 14.5. The lowest BCUT2D eigenvalue weighted by Crippen LogP contribution is -2.56. The zero-order valence-corrected chi connectivity index (χ0v) is 15.9. The number of halogens is 2. The van der Waals surface area contributed by atoms with Crippen LogP contribution in [-0.2, 0) is 16.1 Å². The van der Waals surface area contributed by atoms with Crippen LogP contribution in [0.3, 0.4) is 0 Å². The Hall–Kier alpha value is -3.13. The van der Waals surface area contributed by atoms with Crippen molar-refractivity contribution in [3.8, 4) is 11.5 Å². The minimum atomic E-state index is -3.65. The first kappa shape index (κ1) is 18.9. The third kappa shape index (κ3) is 3.59. The van der Waals surface area contributed by atoms with Gasteiger partial charge in [-0.15, -0.1) is 8.78 Å². The highest BCUT2D eigenvalue weighted by atomic mass is 19.3. The molecule has 1 amide bonds. The molecule has 2 aromatic rings. The Kier molecular flexibility index (Phi) is 4.58. The summed E-state index contributed by atoms with van der Waals surface area (Å²) in [5, 5.41) is 0. The Bertz CT molecular complexity index is 994. The third-order valence-electron chi connectivity index (χ3n) is 5.39. The van der Waals surface area contributed by atoms with Gasteiger partial charge < -0.3 is 18.9 Å². The Balaban J connectivity index is 1.33. The van der Waals surface area contributed by atoms with Crippen molar-refractivity contribution in [2.75, 3.05) is 13.2 Å². The van der Waals surface area contributed by atoms with E-state index in [0.29, 0.717) is 19.6 Å². The summed E-state index contributed by atoms with van der Waals surface area (Å²) in [6.07, 6.45) is -1.59. The fourth-order valence-electron chi connectivity index (χ4n) is 4.04. The largest absolute Gasteiger partial charge is 0.586 e. The molecule has 0 spiro atoms. The predicted octanol–water partition coefficient (Wildman–Crippen LogP) is 4.20. The molecule has 3 aliphatic rings. The van der Waals surface area contributed by atoms with Gasteiger partial charge in [-0.3, -0.25) is 4.90 Å². The van der Waals surface area contributed by atoms with Gasteiger partial charge in [-0.25, -0.2) is 4.79 Å². The molecule has 6 nitrogen and oxygen atoms in total. The number of amides is 1. The number of benzene rings is 2. The number of alkyl halides is 2. The molecular formula is C22H19F2NO5. The van der Waals surface area contributed by atoms with E-state index >= 15 is 0 Å². The molecule has 0 aliphatic carbocycles.